The third-order valence-electron chi connectivity index (χ3n) is 5.16. The Bertz CT molecular complexity index is 711. The minimum atomic E-state index is -0.0809. The molecule has 1 amide bonds. The second-order valence-corrected chi connectivity index (χ2v) is 7.13. The number of nitrogens with zero attached hydrogens (tertiary/aromatic N) is 1. The number of rotatable bonds is 8. The van der Waals surface area contributed by atoms with Gasteiger partial charge < -0.3 is 10.1 Å². The van der Waals surface area contributed by atoms with Crippen LogP contribution in [0.4, 0.5) is 0 Å². The van der Waals surface area contributed by atoms with Crippen LogP contribution in [-0.2, 0) is 22.6 Å². The van der Waals surface area contributed by atoms with E-state index in [1.54, 1.807) is 0 Å². The lowest BCUT2D eigenvalue weighted by molar-refractivity contribution is -0.122. The van der Waals surface area contributed by atoms with Gasteiger partial charge in [-0.1, -0.05) is 67.9 Å². The van der Waals surface area contributed by atoms with E-state index >= 15 is 0 Å². The van der Waals surface area contributed by atoms with Gasteiger partial charge in [0.15, 0.2) is 0 Å². The van der Waals surface area contributed by atoms with Gasteiger partial charge in [0.1, 0.15) is 0 Å². The van der Waals surface area contributed by atoms with Crippen LogP contribution < -0.4 is 5.32 Å². The van der Waals surface area contributed by atoms with Crippen LogP contribution in [0.15, 0.2) is 54.6 Å². The molecule has 3 rings (SSSR count). The highest BCUT2D eigenvalue weighted by Crippen LogP contribution is 2.22. The summed E-state index contributed by atoms with van der Waals surface area (Å²) in [5.41, 5.74) is 3.57. The lowest BCUT2D eigenvalue weighted by Gasteiger charge is -2.27. The summed E-state index contributed by atoms with van der Waals surface area (Å²) in [6.45, 7) is 7.14. The normalized spacial score (nSPS) is 16.0. The smallest absolute Gasteiger partial charge is 0.227 e. The molecule has 0 aromatic heterocycles. The lowest BCUT2D eigenvalue weighted by Crippen LogP contribution is -2.36. The van der Waals surface area contributed by atoms with Crippen LogP contribution in [0.3, 0.4) is 0 Å². The molecule has 0 radical (unpaired) electrons. The van der Waals surface area contributed by atoms with Crippen LogP contribution in [-0.4, -0.2) is 37.1 Å². The largest absolute Gasteiger partial charge is 0.379 e. The molecule has 0 bridgehead atoms. The highest BCUT2D eigenvalue weighted by Gasteiger charge is 2.20. The fourth-order valence-corrected chi connectivity index (χ4v) is 3.61. The first kappa shape index (κ1) is 19.6. The minimum Gasteiger partial charge on any atom is -0.379 e. The topological polar surface area (TPSA) is 41.6 Å². The number of morpholine rings is 1. The Morgan fingerprint density at radius 1 is 1.04 bits per heavy atom. The molecule has 4 nitrogen and oxygen atoms in total. The van der Waals surface area contributed by atoms with Crippen LogP contribution in [0.2, 0.25) is 0 Å². The Kier molecular flexibility index (Phi) is 7.43. The predicted molar refractivity (Wildman–Crippen MR) is 108 cm³/mol. The van der Waals surface area contributed by atoms with Gasteiger partial charge in [0.25, 0.3) is 0 Å². The first-order chi connectivity index (χ1) is 13.3. The number of nitrogens with one attached hydrogen (secondary N) is 1. The van der Waals surface area contributed by atoms with Gasteiger partial charge in [0, 0.05) is 26.2 Å². The molecule has 1 unspecified atom stereocenters. The Labute approximate surface area is 162 Å². The molecule has 144 valence electrons. The average molecular weight is 367 g/mol. The minimum absolute atomic E-state index is 0.0809. The van der Waals surface area contributed by atoms with E-state index in [0.717, 1.165) is 51.3 Å². The average Bonchev–Trinajstić information content (AvgIpc) is 2.72. The highest BCUT2D eigenvalue weighted by molar-refractivity contribution is 5.83. The molecule has 0 saturated carbocycles. The molecule has 4 heteroatoms. The quantitative estimate of drug-likeness (QED) is 0.774. The first-order valence-electron chi connectivity index (χ1n) is 9.97. The molecule has 1 atom stereocenters. The predicted octanol–water partition coefficient (Wildman–Crippen LogP) is 3.72. The van der Waals surface area contributed by atoms with Gasteiger partial charge in [-0.05, 0) is 23.1 Å². The van der Waals surface area contributed by atoms with Crippen molar-refractivity contribution < 1.29 is 9.53 Å². The van der Waals surface area contributed by atoms with Crippen LogP contribution >= 0.6 is 0 Å². The highest BCUT2D eigenvalue weighted by atomic mass is 16.5. The summed E-state index contributed by atoms with van der Waals surface area (Å²) in [6.07, 6.45) is 1.85. The molecule has 0 spiro atoms. The van der Waals surface area contributed by atoms with Crippen LogP contribution in [0, 0.1) is 0 Å². The zero-order valence-electron chi connectivity index (χ0n) is 16.2. The zero-order valence-corrected chi connectivity index (χ0v) is 16.2. The molecule has 0 aliphatic carbocycles. The van der Waals surface area contributed by atoms with Gasteiger partial charge in [0.2, 0.25) is 5.91 Å². The second kappa shape index (κ2) is 10.2. The van der Waals surface area contributed by atoms with Crippen molar-refractivity contribution in [3.63, 3.8) is 0 Å². The molecule has 1 heterocycles. The Morgan fingerprint density at radius 2 is 1.70 bits per heavy atom. The van der Waals surface area contributed by atoms with E-state index in [0.29, 0.717) is 6.54 Å². The molecule has 1 aliphatic heterocycles. The van der Waals surface area contributed by atoms with E-state index in [2.05, 4.69) is 35.3 Å². The van der Waals surface area contributed by atoms with Crippen LogP contribution in [0.5, 0.6) is 0 Å². The van der Waals surface area contributed by atoms with Crippen molar-refractivity contribution in [1.82, 2.24) is 10.2 Å². The number of carbonyl (C=O) groups excluding carboxylic acids is 1. The van der Waals surface area contributed by atoms with Crippen molar-refractivity contribution in [3.8, 4) is 0 Å². The third kappa shape index (κ3) is 5.65. The maximum Gasteiger partial charge on any atom is 0.227 e. The molecule has 1 N–H and O–H groups in total. The maximum absolute atomic E-state index is 12.9. The number of benzene rings is 2. The van der Waals surface area contributed by atoms with Crippen LogP contribution in [0.1, 0.15) is 42.4 Å². The summed E-state index contributed by atoms with van der Waals surface area (Å²) in [5, 5.41) is 3.18. The lowest BCUT2D eigenvalue weighted by atomic mass is 9.93. The summed E-state index contributed by atoms with van der Waals surface area (Å²) < 4.78 is 5.44. The number of hydrogen-bond acceptors (Lipinski definition) is 3. The van der Waals surface area contributed by atoms with Gasteiger partial charge in [-0.15, -0.1) is 0 Å². The molecular formula is C23H30N2O2. The SMILES string of the molecule is CCCC(C(=O)NCc1ccccc1CN1CCOCC1)c1ccccc1. The van der Waals surface area contributed by atoms with Gasteiger partial charge >= 0.3 is 0 Å². The van der Waals surface area contributed by atoms with Crippen molar-refractivity contribution in [2.24, 2.45) is 0 Å². The van der Waals surface area contributed by atoms with E-state index < -0.39 is 0 Å². The van der Waals surface area contributed by atoms with Crippen molar-refractivity contribution in [2.75, 3.05) is 26.3 Å². The van der Waals surface area contributed by atoms with Crippen molar-refractivity contribution >= 4 is 5.91 Å². The third-order valence-corrected chi connectivity index (χ3v) is 5.16. The summed E-state index contributed by atoms with van der Waals surface area (Å²) in [6, 6.07) is 18.5. The fraction of sp³-hybridized carbons (Fsp3) is 0.435. The molecule has 1 saturated heterocycles. The monoisotopic (exact) mass is 366 g/mol. The Hall–Kier alpha value is -2.17. The summed E-state index contributed by atoms with van der Waals surface area (Å²) in [7, 11) is 0. The van der Waals surface area contributed by atoms with Gasteiger partial charge in [-0.3, -0.25) is 9.69 Å². The molecule has 2 aromatic rings. The fourth-order valence-electron chi connectivity index (χ4n) is 3.61. The Balaban J connectivity index is 1.64. The van der Waals surface area contributed by atoms with E-state index in [1.165, 1.54) is 11.1 Å². The van der Waals surface area contributed by atoms with Crippen molar-refractivity contribution in [2.45, 2.75) is 38.8 Å². The summed E-state index contributed by atoms with van der Waals surface area (Å²) in [4.78, 5) is 15.3. The van der Waals surface area contributed by atoms with E-state index in [9.17, 15) is 4.79 Å². The van der Waals surface area contributed by atoms with Crippen LogP contribution in [0.25, 0.3) is 0 Å². The first-order valence-corrected chi connectivity index (χ1v) is 9.97. The maximum atomic E-state index is 12.9. The standard InChI is InChI=1S/C23H30N2O2/c1-2-8-22(19-9-4-3-5-10-19)23(26)24-17-20-11-6-7-12-21(20)18-25-13-15-27-16-14-25/h3-7,9-12,22H,2,8,13-18H2,1H3,(H,24,26). The van der Waals surface area contributed by atoms with Gasteiger partial charge in [0.05, 0.1) is 19.1 Å². The van der Waals surface area contributed by atoms with E-state index in [-0.39, 0.29) is 11.8 Å². The zero-order chi connectivity index (χ0) is 18.9. The number of amides is 1. The number of ether oxygens (including phenoxy) is 1. The van der Waals surface area contributed by atoms with E-state index in [1.807, 2.05) is 36.4 Å². The molecule has 1 aliphatic rings. The molecular weight excluding hydrogens is 336 g/mol. The number of hydrogen-bond donors (Lipinski definition) is 1. The molecule has 2 aromatic carbocycles. The summed E-state index contributed by atoms with van der Waals surface area (Å²) in [5.74, 6) is 0.0341. The van der Waals surface area contributed by atoms with Crippen molar-refractivity contribution in [3.05, 3.63) is 71.3 Å². The molecule has 27 heavy (non-hydrogen) atoms. The van der Waals surface area contributed by atoms with Gasteiger partial charge in [-0.2, -0.15) is 0 Å². The molecule has 1 fully saturated rings. The summed E-state index contributed by atoms with van der Waals surface area (Å²) >= 11 is 0. The van der Waals surface area contributed by atoms with Crippen molar-refractivity contribution in [1.29, 1.82) is 0 Å². The number of carbonyl (C=O) groups is 1. The Morgan fingerprint density at radius 3 is 2.41 bits per heavy atom. The second-order valence-electron chi connectivity index (χ2n) is 7.13. The van der Waals surface area contributed by atoms with E-state index in [4.69, 9.17) is 4.74 Å². The van der Waals surface area contributed by atoms with Gasteiger partial charge in [-0.25, -0.2) is 0 Å².